The standard InChI is InChI=1S/C13H14BrClN2O/c1-2-5-17-9-12(8-16-17)18-13-4-3-11(14)6-10(13)7-15/h3-4,6,8-9H,2,5,7H2,1H3. The number of halogens is 2. The number of hydrogen-bond acceptors (Lipinski definition) is 2. The van der Waals surface area contributed by atoms with Gasteiger partial charge in [0.05, 0.1) is 18.3 Å². The summed E-state index contributed by atoms with van der Waals surface area (Å²) < 4.78 is 8.66. The van der Waals surface area contributed by atoms with Crippen LogP contribution < -0.4 is 4.74 Å². The highest BCUT2D eigenvalue weighted by Crippen LogP contribution is 2.28. The van der Waals surface area contributed by atoms with Crippen LogP contribution in [0.3, 0.4) is 0 Å². The van der Waals surface area contributed by atoms with Crippen LogP contribution in [0.4, 0.5) is 0 Å². The second-order valence-electron chi connectivity index (χ2n) is 3.93. The summed E-state index contributed by atoms with van der Waals surface area (Å²) in [4.78, 5) is 0. The Kier molecular flexibility index (Phi) is 4.66. The van der Waals surface area contributed by atoms with Crippen molar-refractivity contribution in [3.8, 4) is 11.5 Å². The van der Waals surface area contributed by atoms with E-state index in [1.54, 1.807) is 6.20 Å². The van der Waals surface area contributed by atoms with Crippen LogP contribution in [0.25, 0.3) is 0 Å². The van der Waals surface area contributed by atoms with E-state index in [1.807, 2.05) is 29.1 Å². The minimum absolute atomic E-state index is 0.415. The molecule has 0 saturated carbocycles. The molecule has 18 heavy (non-hydrogen) atoms. The fourth-order valence-corrected chi connectivity index (χ4v) is 2.25. The van der Waals surface area contributed by atoms with Crippen LogP contribution in [0.1, 0.15) is 18.9 Å². The number of benzene rings is 1. The van der Waals surface area contributed by atoms with Gasteiger partial charge in [0.25, 0.3) is 0 Å². The first-order chi connectivity index (χ1) is 8.72. The van der Waals surface area contributed by atoms with Gasteiger partial charge in [-0.15, -0.1) is 11.6 Å². The summed E-state index contributed by atoms with van der Waals surface area (Å²) in [6, 6.07) is 5.79. The van der Waals surface area contributed by atoms with Gasteiger partial charge in [-0.1, -0.05) is 22.9 Å². The minimum Gasteiger partial charge on any atom is -0.454 e. The first-order valence-corrected chi connectivity index (χ1v) is 7.10. The van der Waals surface area contributed by atoms with Gasteiger partial charge in [0, 0.05) is 16.6 Å². The van der Waals surface area contributed by atoms with E-state index in [1.165, 1.54) is 0 Å². The average Bonchev–Trinajstić information content (AvgIpc) is 2.79. The molecular weight excluding hydrogens is 316 g/mol. The second-order valence-corrected chi connectivity index (χ2v) is 5.11. The van der Waals surface area contributed by atoms with Crippen molar-refractivity contribution in [1.82, 2.24) is 9.78 Å². The molecule has 0 spiro atoms. The van der Waals surface area contributed by atoms with Crippen molar-refractivity contribution in [3.05, 3.63) is 40.6 Å². The van der Waals surface area contributed by atoms with Gasteiger partial charge in [0.1, 0.15) is 5.75 Å². The number of ether oxygens (including phenoxy) is 1. The molecule has 0 aliphatic carbocycles. The maximum Gasteiger partial charge on any atom is 0.165 e. The van der Waals surface area contributed by atoms with Crippen molar-refractivity contribution in [2.45, 2.75) is 25.8 Å². The Bertz CT molecular complexity index is 527. The average molecular weight is 330 g/mol. The molecule has 0 aliphatic heterocycles. The quantitative estimate of drug-likeness (QED) is 0.750. The van der Waals surface area contributed by atoms with Gasteiger partial charge in [0.2, 0.25) is 0 Å². The van der Waals surface area contributed by atoms with E-state index >= 15 is 0 Å². The Morgan fingerprint density at radius 2 is 2.28 bits per heavy atom. The first kappa shape index (κ1) is 13.4. The maximum atomic E-state index is 5.90. The van der Waals surface area contributed by atoms with E-state index in [0.29, 0.717) is 5.88 Å². The molecule has 0 fully saturated rings. The monoisotopic (exact) mass is 328 g/mol. The molecule has 3 nitrogen and oxygen atoms in total. The highest BCUT2D eigenvalue weighted by molar-refractivity contribution is 9.10. The van der Waals surface area contributed by atoms with Crippen molar-refractivity contribution >= 4 is 27.5 Å². The van der Waals surface area contributed by atoms with Gasteiger partial charge >= 0.3 is 0 Å². The Morgan fingerprint density at radius 3 is 3.00 bits per heavy atom. The third-order valence-electron chi connectivity index (χ3n) is 2.46. The topological polar surface area (TPSA) is 27.1 Å². The lowest BCUT2D eigenvalue weighted by molar-refractivity contribution is 0.476. The number of nitrogens with zero attached hydrogens (tertiary/aromatic N) is 2. The molecule has 1 aromatic heterocycles. The van der Waals surface area contributed by atoms with E-state index in [2.05, 4.69) is 28.0 Å². The fourth-order valence-electron chi connectivity index (χ4n) is 1.63. The third-order valence-corrected chi connectivity index (χ3v) is 3.24. The lowest BCUT2D eigenvalue weighted by Crippen LogP contribution is -1.95. The summed E-state index contributed by atoms with van der Waals surface area (Å²) in [7, 11) is 0. The van der Waals surface area contributed by atoms with Gasteiger partial charge in [-0.25, -0.2) is 0 Å². The van der Waals surface area contributed by atoms with E-state index in [0.717, 1.165) is 34.5 Å². The molecule has 5 heteroatoms. The second kappa shape index (κ2) is 6.25. The van der Waals surface area contributed by atoms with Crippen molar-refractivity contribution in [1.29, 1.82) is 0 Å². The number of aromatic nitrogens is 2. The Labute approximate surface area is 120 Å². The molecule has 0 unspecified atom stereocenters. The van der Waals surface area contributed by atoms with Crippen molar-refractivity contribution in [2.24, 2.45) is 0 Å². The Hall–Kier alpha value is -1.00. The molecule has 0 radical (unpaired) electrons. The number of aryl methyl sites for hydroxylation is 1. The van der Waals surface area contributed by atoms with Crippen molar-refractivity contribution < 1.29 is 4.74 Å². The Morgan fingerprint density at radius 1 is 1.44 bits per heavy atom. The first-order valence-electron chi connectivity index (χ1n) is 5.77. The normalized spacial score (nSPS) is 10.6. The van der Waals surface area contributed by atoms with Gasteiger partial charge in [-0.2, -0.15) is 5.10 Å². The molecular formula is C13H14BrClN2O. The van der Waals surface area contributed by atoms with Crippen LogP contribution in [0.15, 0.2) is 35.1 Å². The van der Waals surface area contributed by atoms with E-state index in [4.69, 9.17) is 16.3 Å². The van der Waals surface area contributed by atoms with Gasteiger partial charge in [-0.05, 0) is 24.6 Å². The van der Waals surface area contributed by atoms with Crippen LogP contribution in [0.2, 0.25) is 0 Å². The fraction of sp³-hybridized carbons (Fsp3) is 0.308. The van der Waals surface area contributed by atoms with Crippen LogP contribution in [-0.2, 0) is 12.4 Å². The molecule has 1 aromatic carbocycles. The smallest absolute Gasteiger partial charge is 0.165 e. The summed E-state index contributed by atoms with van der Waals surface area (Å²) in [5, 5.41) is 4.22. The zero-order valence-corrected chi connectivity index (χ0v) is 12.4. The summed E-state index contributed by atoms with van der Waals surface area (Å²) in [6.07, 6.45) is 4.66. The SMILES string of the molecule is CCCn1cc(Oc2ccc(Br)cc2CCl)cn1. The molecule has 0 amide bonds. The van der Waals surface area contributed by atoms with E-state index in [9.17, 15) is 0 Å². The number of alkyl halides is 1. The minimum atomic E-state index is 0.415. The third kappa shape index (κ3) is 3.27. The molecule has 0 N–H and O–H groups in total. The largest absolute Gasteiger partial charge is 0.454 e. The molecule has 0 aliphatic rings. The summed E-state index contributed by atoms with van der Waals surface area (Å²) in [5.41, 5.74) is 0.953. The van der Waals surface area contributed by atoms with Crippen LogP contribution in [-0.4, -0.2) is 9.78 Å². The summed E-state index contributed by atoms with van der Waals surface area (Å²) >= 11 is 9.32. The van der Waals surface area contributed by atoms with Gasteiger partial charge < -0.3 is 4.74 Å². The summed E-state index contributed by atoms with van der Waals surface area (Å²) in [5.74, 6) is 1.92. The van der Waals surface area contributed by atoms with Crippen LogP contribution >= 0.6 is 27.5 Å². The maximum absolute atomic E-state index is 5.90. The lowest BCUT2D eigenvalue weighted by atomic mass is 10.2. The molecule has 0 saturated heterocycles. The highest BCUT2D eigenvalue weighted by atomic mass is 79.9. The van der Waals surface area contributed by atoms with Crippen LogP contribution in [0.5, 0.6) is 11.5 Å². The van der Waals surface area contributed by atoms with Gasteiger partial charge in [0.15, 0.2) is 5.75 Å². The predicted molar refractivity (Wildman–Crippen MR) is 76.3 cm³/mol. The number of hydrogen-bond donors (Lipinski definition) is 0. The molecule has 2 aromatic rings. The van der Waals surface area contributed by atoms with Crippen molar-refractivity contribution in [3.63, 3.8) is 0 Å². The summed E-state index contributed by atoms with van der Waals surface area (Å²) in [6.45, 7) is 3.01. The molecule has 2 rings (SSSR count). The lowest BCUT2D eigenvalue weighted by Gasteiger charge is -2.07. The van der Waals surface area contributed by atoms with Gasteiger partial charge in [-0.3, -0.25) is 4.68 Å². The number of rotatable bonds is 5. The van der Waals surface area contributed by atoms with E-state index in [-0.39, 0.29) is 0 Å². The highest BCUT2D eigenvalue weighted by Gasteiger charge is 2.06. The zero-order valence-electron chi connectivity index (χ0n) is 10.1. The van der Waals surface area contributed by atoms with E-state index < -0.39 is 0 Å². The molecule has 0 atom stereocenters. The van der Waals surface area contributed by atoms with Crippen LogP contribution in [0, 0.1) is 0 Å². The molecule has 96 valence electrons. The molecule has 0 bridgehead atoms. The predicted octanol–water partition coefficient (Wildman–Crippen LogP) is 4.59. The molecule has 1 heterocycles. The van der Waals surface area contributed by atoms with Crippen molar-refractivity contribution in [2.75, 3.05) is 0 Å². The zero-order chi connectivity index (χ0) is 13.0. The Balaban J connectivity index is 2.17.